The van der Waals surface area contributed by atoms with Crippen molar-refractivity contribution in [1.29, 1.82) is 0 Å². The number of aromatic amines is 1. The number of aryl methyl sites for hydroxylation is 2. The van der Waals surface area contributed by atoms with Gasteiger partial charge in [-0.3, -0.25) is 9.89 Å². The van der Waals surface area contributed by atoms with E-state index in [4.69, 9.17) is 5.73 Å². The van der Waals surface area contributed by atoms with Crippen molar-refractivity contribution in [1.82, 2.24) is 10.2 Å². The Morgan fingerprint density at radius 3 is 2.82 bits per heavy atom. The molecule has 0 aliphatic carbocycles. The van der Waals surface area contributed by atoms with Gasteiger partial charge in [0.15, 0.2) is 5.82 Å². The summed E-state index contributed by atoms with van der Waals surface area (Å²) in [5.74, 6) is 0.242. The summed E-state index contributed by atoms with van der Waals surface area (Å²) in [6.07, 6.45) is 0. The Kier molecular flexibility index (Phi) is 2.82. The van der Waals surface area contributed by atoms with E-state index in [1.54, 1.807) is 18.2 Å². The second-order valence-electron chi connectivity index (χ2n) is 3.93. The SMILES string of the molecule is Cc1cc(NC(=O)c2cccc(C)c2N)n[nH]1. The summed E-state index contributed by atoms with van der Waals surface area (Å²) in [7, 11) is 0. The molecule has 1 amide bonds. The molecule has 2 rings (SSSR count). The smallest absolute Gasteiger partial charge is 0.258 e. The Morgan fingerprint density at radius 1 is 1.41 bits per heavy atom. The number of para-hydroxylation sites is 1. The van der Waals surface area contributed by atoms with Crippen LogP contribution in [0.2, 0.25) is 0 Å². The van der Waals surface area contributed by atoms with Gasteiger partial charge in [0.1, 0.15) is 0 Å². The number of nitrogens with zero attached hydrogens (tertiary/aromatic N) is 1. The first-order valence-corrected chi connectivity index (χ1v) is 5.26. The highest BCUT2D eigenvalue weighted by Gasteiger charge is 2.12. The largest absolute Gasteiger partial charge is 0.398 e. The zero-order valence-electron chi connectivity index (χ0n) is 9.74. The minimum atomic E-state index is -0.252. The van der Waals surface area contributed by atoms with Gasteiger partial charge in [-0.05, 0) is 25.5 Å². The van der Waals surface area contributed by atoms with Crippen molar-refractivity contribution in [2.45, 2.75) is 13.8 Å². The van der Waals surface area contributed by atoms with Gasteiger partial charge in [0.05, 0.1) is 5.56 Å². The number of anilines is 2. The third kappa shape index (κ3) is 2.28. The predicted octanol–water partition coefficient (Wildman–Crippen LogP) is 1.86. The topological polar surface area (TPSA) is 83.8 Å². The van der Waals surface area contributed by atoms with Crippen LogP contribution in [0.3, 0.4) is 0 Å². The van der Waals surface area contributed by atoms with Crippen LogP contribution in [0.1, 0.15) is 21.6 Å². The molecule has 0 unspecified atom stereocenters. The molecule has 1 aromatic heterocycles. The number of carbonyl (C=O) groups is 1. The number of hydrogen-bond donors (Lipinski definition) is 3. The fraction of sp³-hybridized carbons (Fsp3) is 0.167. The molecule has 0 aliphatic rings. The van der Waals surface area contributed by atoms with E-state index < -0.39 is 0 Å². The first-order chi connectivity index (χ1) is 8.08. The predicted molar refractivity (Wildman–Crippen MR) is 66.9 cm³/mol. The molecule has 0 saturated heterocycles. The summed E-state index contributed by atoms with van der Waals surface area (Å²) in [6, 6.07) is 7.11. The molecule has 0 atom stereocenters. The van der Waals surface area contributed by atoms with Crippen molar-refractivity contribution < 1.29 is 4.79 Å². The summed E-state index contributed by atoms with van der Waals surface area (Å²) in [5, 5.41) is 9.38. The van der Waals surface area contributed by atoms with Crippen LogP contribution >= 0.6 is 0 Å². The standard InChI is InChI=1S/C12H14N4O/c1-7-4-3-5-9(11(7)13)12(17)14-10-6-8(2)15-16-10/h3-6H,13H2,1-2H3,(H2,14,15,16,17). The molecule has 2 aromatic rings. The third-order valence-corrected chi connectivity index (χ3v) is 2.52. The molecule has 0 fully saturated rings. The average Bonchev–Trinajstić information content (AvgIpc) is 2.68. The molecular formula is C12H14N4O. The number of carbonyl (C=O) groups excluding carboxylic acids is 1. The Bertz CT molecular complexity index is 559. The first kappa shape index (κ1) is 11.2. The van der Waals surface area contributed by atoms with Crippen LogP contribution in [-0.4, -0.2) is 16.1 Å². The summed E-state index contributed by atoms with van der Waals surface area (Å²) in [5.41, 5.74) is 8.59. The number of hydrogen-bond acceptors (Lipinski definition) is 3. The normalized spacial score (nSPS) is 10.2. The van der Waals surface area contributed by atoms with Crippen LogP contribution in [0, 0.1) is 13.8 Å². The quantitative estimate of drug-likeness (QED) is 0.688. The highest BCUT2D eigenvalue weighted by atomic mass is 16.1. The number of nitrogens with two attached hydrogens (primary N) is 1. The van der Waals surface area contributed by atoms with Crippen molar-refractivity contribution >= 4 is 17.4 Å². The van der Waals surface area contributed by atoms with Crippen LogP contribution in [-0.2, 0) is 0 Å². The van der Waals surface area contributed by atoms with Crippen LogP contribution in [0.4, 0.5) is 11.5 Å². The Morgan fingerprint density at radius 2 is 2.18 bits per heavy atom. The van der Waals surface area contributed by atoms with Crippen molar-refractivity contribution in [3.8, 4) is 0 Å². The molecule has 88 valence electrons. The molecule has 0 spiro atoms. The Balaban J connectivity index is 2.23. The van der Waals surface area contributed by atoms with Crippen LogP contribution < -0.4 is 11.1 Å². The highest BCUT2D eigenvalue weighted by Crippen LogP contribution is 2.17. The van der Waals surface area contributed by atoms with Crippen molar-refractivity contribution in [2.24, 2.45) is 0 Å². The maximum Gasteiger partial charge on any atom is 0.258 e. The maximum atomic E-state index is 12.0. The summed E-state index contributed by atoms with van der Waals surface area (Å²) >= 11 is 0. The lowest BCUT2D eigenvalue weighted by molar-refractivity contribution is 0.102. The Hall–Kier alpha value is -2.30. The first-order valence-electron chi connectivity index (χ1n) is 5.26. The fourth-order valence-corrected chi connectivity index (χ4v) is 1.54. The van der Waals surface area contributed by atoms with Gasteiger partial charge in [-0.1, -0.05) is 12.1 Å². The highest BCUT2D eigenvalue weighted by molar-refractivity contribution is 6.07. The maximum absolute atomic E-state index is 12.0. The molecule has 5 nitrogen and oxygen atoms in total. The minimum absolute atomic E-state index is 0.252. The lowest BCUT2D eigenvalue weighted by Gasteiger charge is -2.07. The summed E-state index contributed by atoms with van der Waals surface area (Å²) in [6.45, 7) is 3.73. The van der Waals surface area contributed by atoms with Crippen molar-refractivity contribution in [3.63, 3.8) is 0 Å². The number of amides is 1. The molecule has 4 N–H and O–H groups in total. The van der Waals surface area contributed by atoms with Crippen LogP contribution in [0.15, 0.2) is 24.3 Å². The van der Waals surface area contributed by atoms with E-state index in [0.717, 1.165) is 11.3 Å². The second-order valence-corrected chi connectivity index (χ2v) is 3.93. The Labute approximate surface area is 99.0 Å². The molecule has 0 aliphatic heterocycles. The van der Waals surface area contributed by atoms with Crippen molar-refractivity contribution in [2.75, 3.05) is 11.1 Å². The van der Waals surface area contributed by atoms with Crippen LogP contribution in [0.25, 0.3) is 0 Å². The van der Waals surface area contributed by atoms with E-state index in [-0.39, 0.29) is 5.91 Å². The van der Waals surface area contributed by atoms with E-state index >= 15 is 0 Å². The second kappa shape index (κ2) is 4.29. The van der Waals surface area contributed by atoms with E-state index in [9.17, 15) is 4.79 Å². The van der Waals surface area contributed by atoms with E-state index in [1.807, 2.05) is 19.9 Å². The minimum Gasteiger partial charge on any atom is -0.398 e. The molecule has 1 heterocycles. The van der Waals surface area contributed by atoms with Crippen LogP contribution in [0.5, 0.6) is 0 Å². The molecule has 1 aromatic carbocycles. The zero-order valence-corrected chi connectivity index (χ0v) is 9.74. The summed E-state index contributed by atoms with van der Waals surface area (Å²) in [4.78, 5) is 12.0. The number of nitrogens with one attached hydrogen (secondary N) is 2. The van der Waals surface area contributed by atoms with Gasteiger partial charge in [-0.25, -0.2) is 0 Å². The zero-order chi connectivity index (χ0) is 12.4. The summed E-state index contributed by atoms with van der Waals surface area (Å²) < 4.78 is 0. The molecule has 17 heavy (non-hydrogen) atoms. The van der Waals surface area contributed by atoms with Gasteiger partial charge in [-0.15, -0.1) is 0 Å². The molecule has 0 radical (unpaired) electrons. The number of benzene rings is 1. The lowest BCUT2D eigenvalue weighted by atomic mass is 10.1. The number of nitrogen functional groups attached to an aromatic ring is 1. The number of aromatic nitrogens is 2. The van der Waals surface area contributed by atoms with Gasteiger partial charge >= 0.3 is 0 Å². The molecule has 0 saturated carbocycles. The third-order valence-electron chi connectivity index (χ3n) is 2.52. The number of H-pyrrole nitrogens is 1. The monoisotopic (exact) mass is 230 g/mol. The molecule has 5 heteroatoms. The van der Waals surface area contributed by atoms with Gasteiger partial charge in [-0.2, -0.15) is 5.10 Å². The van der Waals surface area contributed by atoms with E-state index in [2.05, 4.69) is 15.5 Å². The van der Waals surface area contributed by atoms with E-state index in [1.165, 1.54) is 0 Å². The average molecular weight is 230 g/mol. The van der Waals surface area contributed by atoms with Gasteiger partial charge in [0.2, 0.25) is 0 Å². The molecule has 0 bridgehead atoms. The van der Waals surface area contributed by atoms with Gasteiger partial charge < -0.3 is 11.1 Å². The number of rotatable bonds is 2. The molecular weight excluding hydrogens is 216 g/mol. The van der Waals surface area contributed by atoms with Gasteiger partial charge in [0.25, 0.3) is 5.91 Å². The van der Waals surface area contributed by atoms with Gasteiger partial charge in [0, 0.05) is 17.4 Å². The fourth-order valence-electron chi connectivity index (χ4n) is 1.54. The van der Waals surface area contributed by atoms with E-state index in [0.29, 0.717) is 17.1 Å². The lowest BCUT2D eigenvalue weighted by Crippen LogP contribution is -2.14. The van der Waals surface area contributed by atoms with Crippen molar-refractivity contribution in [3.05, 3.63) is 41.1 Å².